The van der Waals surface area contributed by atoms with E-state index in [2.05, 4.69) is 20.7 Å². The Hall–Kier alpha value is -2.98. The molecule has 1 aliphatic rings. The number of nitrogen functional groups attached to an aromatic ring is 1. The van der Waals surface area contributed by atoms with Crippen LogP contribution in [0, 0.1) is 30.1 Å². The van der Waals surface area contributed by atoms with Gasteiger partial charge in [-0.3, -0.25) is 4.79 Å². The number of nitrogens with zero attached hydrogens (tertiary/aromatic N) is 3. The Kier molecular flexibility index (Phi) is 3.62. The van der Waals surface area contributed by atoms with E-state index in [4.69, 9.17) is 11.0 Å². The summed E-state index contributed by atoms with van der Waals surface area (Å²) in [6.07, 6.45) is 2.28. The van der Waals surface area contributed by atoms with Gasteiger partial charge in [0, 0.05) is 28.2 Å². The number of nitriles is 1. The lowest BCUT2D eigenvalue weighted by atomic mass is 10.0. The van der Waals surface area contributed by atoms with Gasteiger partial charge < -0.3 is 11.1 Å². The molecular formula is C18H15N5OS. The molecule has 0 unspecified atom stereocenters. The van der Waals surface area contributed by atoms with Gasteiger partial charge in [0.1, 0.15) is 5.82 Å². The highest BCUT2D eigenvalue weighted by molar-refractivity contribution is 7.04. The number of carbonyl (C=O) groups is 1. The highest BCUT2D eigenvalue weighted by Crippen LogP contribution is 2.38. The van der Waals surface area contributed by atoms with Crippen LogP contribution in [-0.2, 0) is 4.79 Å². The third kappa shape index (κ3) is 2.81. The molecule has 2 heterocycles. The van der Waals surface area contributed by atoms with Crippen molar-refractivity contribution in [3.63, 3.8) is 0 Å². The first-order chi connectivity index (χ1) is 12.1. The molecule has 1 fully saturated rings. The summed E-state index contributed by atoms with van der Waals surface area (Å²) in [5.41, 5.74) is 9.75. The fourth-order valence-electron chi connectivity index (χ4n) is 2.90. The molecule has 2 atom stereocenters. The van der Waals surface area contributed by atoms with Crippen LogP contribution < -0.4 is 11.1 Å². The molecule has 1 amide bonds. The molecule has 2 aromatic heterocycles. The first-order valence-corrected chi connectivity index (χ1v) is 8.71. The molecule has 4 rings (SSSR count). The van der Waals surface area contributed by atoms with Gasteiger partial charge in [-0.05, 0) is 54.0 Å². The van der Waals surface area contributed by atoms with Crippen LogP contribution in [0.3, 0.4) is 0 Å². The summed E-state index contributed by atoms with van der Waals surface area (Å²) < 4.78 is 4.42. The minimum Gasteiger partial charge on any atom is -0.398 e. The van der Waals surface area contributed by atoms with Crippen molar-refractivity contribution in [2.24, 2.45) is 11.8 Å². The van der Waals surface area contributed by atoms with E-state index < -0.39 is 0 Å². The molecule has 0 saturated heterocycles. The minimum absolute atomic E-state index is 0.155. The fraction of sp³-hybridized carbons (Fsp3) is 0.222. The van der Waals surface area contributed by atoms with Gasteiger partial charge in [-0.2, -0.15) is 9.64 Å². The van der Waals surface area contributed by atoms with Crippen molar-refractivity contribution in [3.8, 4) is 17.3 Å². The smallest absolute Gasteiger partial charge is 0.230 e. The molecule has 124 valence electrons. The summed E-state index contributed by atoms with van der Waals surface area (Å²) in [7, 11) is 0. The van der Waals surface area contributed by atoms with Crippen molar-refractivity contribution < 1.29 is 4.79 Å². The SMILES string of the molecule is Cc1csnc1-c1cc(N)c2cnc(NC(=O)[C@@H]3C[C@H]3C#N)cc2c1. The zero-order valence-corrected chi connectivity index (χ0v) is 14.3. The van der Waals surface area contributed by atoms with Crippen molar-refractivity contribution in [1.82, 2.24) is 9.36 Å². The van der Waals surface area contributed by atoms with Crippen LogP contribution in [0.25, 0.3) is 22.0 Å². The number of aromatic nitrogens is 2. The average Bonchev–Trinajstić information content (AvgIpc) is 3.27. The number of pyridine rings is 1. The van der Waals surface area contributed by atoms with Gasteiger partial charge in [0.15, 0.2) is 0 Å². The van der Waals surface area contributed by atoms with Gasteiger partial charge in [0.2, 0.25) is 5.91 Å². The third-order valence-corrected chi connectivity index (χ3v) is 5.18. The lowest BCUT2D eigenvalue weighted by molar-refractivity contribution is -0.117. The van der Waals surface area contributed by atoms with Crippen LogP contribution in [0.2, 0.25) is 0 Å². The second-order valence-corrected chi connectivity index (χ2v) is 6.90. The number of rotatable bonds is 3. The van der Waals surface area contributed by atoms with Crippen LogP contribution in [0.4, 0.5) is 11.5 Å². The van der Waals surface area contributed by atoms with Crippen molar-refractivity contribution in [1.29, 1.82) is 5.26 Å². The molecule has 3 N–H and O–H groups in total. The number of nitrogens with two attached hydrogens (primary N) is 1. The molecule has 1 aliphatic carbocycles. The standard InChI is InChI=1S/C18H15N5OS/c1-9-8-25-23-17(9)11-2-10-5-16(21-7-14(10)15(20)4-11)22-18(24)13-3-12(13)6-19/h2,4-5,7-8,12-13H,3,20H2,1H3,(H,21,22,24)/t12-,13+/m0/s1. The first-order valence-electron chi connectivity index (χ1n) is 7.88. The number of carbonyl (C=O) groups excluding carboxylic acids is 1. The normalized spacial score (nSPS) is 18.7. The zero-order valence-electron chi connectivity index (χ0n) is 13.5. The number of benzene rings is 1. The lowest BCUT2D eigenvalue weighted by Gasteiger charge is -2.09. The summed E-state index contributed by atoms with van der Waals surface area (Å²) in [5.74, 6) is -0.0857. The largest absolute Gasteiger partial charge is 0.398 e. The van der Waals surface area contributed by atoms with Crippen LogP contribution in [0.15, 0.2) is 29.8 Å². The number of nitrogens with one attached hydrogen (secondary N) is 1. The Labute approximate surface area is 148 Å². The Morgan fingerprint density at radius 3 is 2.96 bits per heavy atom. The highest BCUT2D eigenvalue weighted by atomic mass is 32.1. The molecule has 25 heavy (non-hydrogen) atoms. The Balaban J connectivity index is 1.68. The number of aryl methyl sites for hydroxylation is 1. The van der Waals surface area contributed by atoms with Crippen LogP contribution >= 0.6 is 11.5 Å². The predicted octanol–water partition coefficient (Wildman–Crippen LogP) is 3.35. The molecule has 0 bridgehead atoms. The maximum Gasteiger partial charge on any atom is 0.230 e. The molecule has 3 aromatic rings. The molecule has 7 heteroatoms. The number of fused-ring (bicyclic) bond motifs is 1. The molecule has 0 radical (unpaired) electrons. The highest BCUT2D eigenvalue weighted by Gasteiger charge is 2.43. The predicted molar refractivity (Wildman–Crippen MR) is 97.8 cm³/mol. The number of hydrogen-bond acceptors (Lipinski definition) is 6. The van der Waals surface area contributed by atoms with E-state index in [1.54, 1.807) is 12.3 Å². The summed E-state index contributed by atoms with van der Waals surface area (Å²) in [6.45, 7) is 2.01. The van der Waals surface area contributed by atoms with E-state index in [9.17, 15) is 4.79 Å². The molecule has 0 spiro atoms. The molecule has 0 aliphatic heterocycles. The summed E-state index contributed by atoms with van der Waals surface area (Å²) >= 11 is 1.41. The van der Waals surface area contributed by atoms with Crippen molar-refractivity contribution in [2.45, 2.75) is 13.3 Å². The van der Waals surface area contributed by atoms with Gasteiger partial charge in [0.05, 0.1) is 23.6 Å². The van der Waals surface area contributed by atoms with E-state index in [0.29, 0.717) is 17.9 Å². The van der Waals surface area contributed by atoms with Gasteiger partial charge in [-0.25, -0.2) is 4.98 Å². The van der Waals surface area contributed by atoms with Gasteiger partial charge in [-0.15, -0.1) is 0 Å². The fourth-order valence-corrected chi connectivity index (χ4v) is 3.58. The maximum absolute atomic E-state index is 12.1. The van der Waals surface area contributed by atoms with E-state index >= 15 is 0 Å². The maximum atomic E-state index is 12.1. The Bertz CT molecular complexity index is 1040. The molecular weight excluding hydrogens is 334 g/mol. The van der Waals surface area contributed by atoms with Gasteiger partial charge in [0.25, 0.3) is 0 Å². The zero-order chi connectivity index (χ0) is 17.6. The monoisotopic (exact) mass is 349 g/mol. The van der Waals surface area contributed by atoms with E-state index in [1.807, 2.05) is 24.4 Å². The second-order valence-electron chi connectivity index (χ2n) is 6.27. The van der Waals surface area contributed by atoms with Crippen LogP contribution in [0.5, 0.6) is 0 Å². The lowest BCUT2D eigenvalue weighted by Crippen LogP contribution is -2.15. The number of amides is 1. The minimum atomic E-state index is -0.225. The van der Waals surface area contributed by atoms with Gasteiger partial charge >= 0.3 is 0 Å². The topological polar surface area (TPSA) is 105 Å². The third-order valence-electron chi connectivity index (χ3n) is 4.43. The molecule has 6 nitrogen and oxygen atoms in total. The van der Waals surface area contributed by atoms with Gasteiger partial charge in [-0.1, -0.05) is 0 Å². The Morgan fingerprint density at radius 2 is 2.28 bits per heavy atom. The van der Waals surface area contributed by atoms with E-state index in [0.717, 1.165) is 27.6 Å². The van der Waals surface area contributed by atoms with Crippen molar-refractivity contribution in [2.75, 3.05) is 11.1 Å². The van der Waals surface area contributed by atoms with Crippen LogP contribution in [0.1, 0.15) is 12.0 Å². The van der Waals surface area contributed by atoms with E-state index in [1.165, 1.54) is 11.5 Å². The van der Waals surface area contributed by atoms with Crippen molar-refractivity contribution in [3.05, 3.63) is 35.3 Å². The molecule has 1 aromatic carbocycles. The Morgan fingerprint density at radius 1 is 1.44 bits per heavy atom. The average molecular weight is 349 g/mol. The van der Waals surface area contributed by atoms with Crippen LogP contribution in [-0.4, -0.2) is 15.3 Å². The number of anilines is 2. The summed E-state index contributed by atoms with van der Waals surface area (Å²) in [4.78, 5) is 16.4. The molecule has 1 saturated carbocycles. The quantitative estimate of drug-likeness (QED) is 0.706. The summed E-state index contributed by atoms with van der Waals surface area (Å²) in [6, 6.07) is 7.82. The second kappa shape index (κ2) is 5.83. The summed E-state index contributed by atoms with van der Waals surface area (Å²) in [5, 5.41) is 15.3. The van der Waals surface area contributed by atoms with Crippen molar-refractivity contribution >= 4 is 39.7 Å². The first kappa shape index (κ1) is 15.5. The van der Waals surface area contributed by atoms with E-state index in [-0.39, 0.29) is 17.7 Å². The number of hydrogen-bond donors (Lipinski definition) is 2.